The Morgan fingerprint density at radius 3 is 2.22 bits per heavy atom. The van der Waals surface area contributed by atoms with Gasteiger partial charge in [0.15, 0.2) is 0 Å². The second-order valence-corrected chi connectivity index (χ2v) is 3.13. The molecule has 0 aliphatic heterocycles. The van der Waals surface area contributed by atoms with Gasteiger partial charge in [0.2, 0.25) is 0 Å². The Morgan fingerprint density at radius 1 is 1.33 bits per heavy atom. The Balaban J connectivity index is 2.40. The second kappa shape index (κ2) is 2.67. The smallest absolute Gasteiger partial charge is 0.0241 e. The van der Waals surface area contributed by atoms with Gasteiger partial charge in [-0.25, -0.2) is 0 Å². The zero-order valence-electron chi connectivity index (χ0n) is 6.30. The zero-order chi connectivity index (χ0) is 6.85. The lowest BCUT2D eigenvalue weighted by atomic mass is 10.2. The summed E-state index contributed by atoms with van der Waals surface area (Å²) in [6.07, 6.45) is 3.81. The number of nitrogens with two attached hydrogens (primary N) is 1. The first-order chi connectivity index (χ1) is 4.22. The largest absolute Gasteiger partial charge is 0.326 e. The lowest BCUT2D eigenvalue weighted by Gasteiger charge is -2.22. The van der Waals surface area contributed by atoms with Gasteiger partial charge in [0.25, 0.3) is 0 Å². The molecule has 0 unspecified atom stereocenters. The van der Waals surface area contributed by atoms with Crippen molar-refractivity contribution in [2.45, 2.75) is 31.3 Å². The van der Waals surface area contributed by atoms with Crippen molar-refractivity contribution >= 4 is 0 Å². The van der Waals surface area contributed by atoms with Gasteiger partial charge in [-0.2, -0.15) is 0 Å². The number of nitrogens with zero attached hydrogens (tertiary/aromatic N) is 1. The highest BCUT2D eigenvalue weighted by Gasteiger charge is 2.24. The van der Waals surface area contributed by atoms with E-state index in [-0.39, 0.29) is 0 Å². The topological polar surface area (TPSA) is 29.3 Å². The molecule has 0 bridgehead atoms. The van der Waals surface area contributed by atoms with Crippen LogP contribution < -0.4 is 5.73 Å². The molecule has 1 aliphatic carbocycles. The van der Waals surface area contributed by atoms with Crippen LogP contribution in [0.3, 0.4) is 0 Å². The summed E-state index contributed by atoms with van der Waals surface area (Å²) >= 11 is 0. The lowest BCUT2D eigenvalue weighted by molar-refractivity contribution is 0.277. The fourth-order valence-electron chi connectivity index (χ4n) is 1.61. The zero-order valence-corrected chi connectivity index (χ0v) is 6.30. The van der Waals surface area contributed by atoms with E-state index in [2.05, 4.69) is 19.0 Å². The molecule has 9 heavy (non-hydrogen) atoms. The molecular weight excluding hydrogens is 112 g/mol. The summed E-state index contributed by atoms with van der Waals surface area (Å²) in [6.45, 7) is 0. The molecular formula is C7H16N2. The first-order valence-corrected chi connectivity index (χ1v) is 3.64. The van der Waals surface area contributed by atoms with E-state index in [0.29, 0.717) is 12.1 Å². The summed E-state index contributed by atoms with van der Waals surface area (Å²) in [5, 5.41) is 0. The normalized spacial score (nSPS) is 36.0. The predicted molar refractivity (Wildman–Crippen MR) is 39.3 cm³/mol. The quantitative estimate of drug-likeness (QED) is 0.555. The van der Waals surface area contributed by atoms with Crippen molar-refractivity contribution in [3.8, 4) is 0 Å². The Labute approximate surface area is 57.0 Å². The van der Waals surface area contributed by atoms with Crippen molar-refractivity contribution in [1.29, 1.82) is 0 Å². The summed E-state index contributed by atoms with van der Waals surface area (Å²) in [5.74, 6) is 0. The summed E-state index contributed by atoms with van der Waals surface area (Å²) in [6, 6.07) is 1.07. The van der Waals surface area contributed by atoms with Gasteiger partial charge in [-0.1, -0.05) is 6.42 Å². The molecule has 2 atom stereocenters. The van der Waals surface area contributed by atoms with Crippen molar-refractivity contribution in [3.63, 3.8) is 0 Å². The second-order valence-electron chi connectivity index (χ2n) is 3.13. The minimum absolute atomic E-state index is 0.431. The lowest BCUT2D eigenvalue weighted by Crippen LogP contribution is -2.39. The minimum Gasteiger partial charge on any atom is -0.326 e. The van der Waals surface area contributed by atoms with Crippen LogP contribution in [0.15, 0.2) is 0 Å². The van der Waals surface area contributed by atoms with E-state index in [1.165, 1.54) is 19.3 Å². The van der Waals surface area contributed by atoms with E-state index in [1.54, 1.807) is 0 Å². The van der Waals surface area contributed by atoms with Gasteiger partial charge in [0.1, 0.15) is 0 Å². The molecule has 0 aromatic carbocycles. The van der Waals surface area contributed by atoms with Crippen LogP contribution in [0.4, 0.5) is 0 Å². The monoisotopic (exact) mass is 128 g/mol. The van der Waals surface area contributed by atoms with Crippen LogP contribution in [-0.4, -0.2) is 31.1 Å². The van der Waals surface area contributed by atoms with Crippen LogP contribution in [0.5, 0.6) is 0 Å². The highest BCUT2D eigenvalue weighted by molar-refractivity contribution is 4.85. The van der Waals surface area contributed by atoms with Gasteiger partial charge < -0.3 is 10.6 Å². The highest BCUT2D eigenvalue weighted by Crippen LogP contribution is 2.20. The van der Waals surface area contributed by atoms with Crippen LogP contribution in [0.25, 0.3) is 0 Å². The summed E-state index contributed by atoms with van der Waals surface area (Å²) in [5.41, 5.74) is 5.84. The molecule has 0 radical (unpaired) electrons. The molecule has 0 aromatic heterocycles. The molecule has 2 nitrogen and oxygen atoms in total. The standard InChI is InChI=1S/C7H16N2/c1-9(2)7-5-3-4-6(7)8/h6-7H,3-5,8H2,1-2H3/t6-,7-/m0/s1. The van der Waals surface area contributed by atoms with Crippen molar-refractivity contribution < 1.29 is 0 Å². The molecule has 0 heterocycles. The molecule has 0 amide bonds. The molecule has 1 saturated carbocycles. The number of hydrogen-bond acceptors (Lipinski definition) is 2. The Kier molecular flexibility index (Phi) is 2.09. The first-order valence-electron chi connectivity index (χ1n) is 3.64. The third-order valence-corrected chi connectivity index (χ3v) is 2.19. The van der Waals surface area contributed by atoms with Gasteiger partial charge in [0.05, 0.1) is 0 Å². The van der Waals surface area contributed by atoms with E-state index in [9.17, 15) is 0 Å². The molecule has 0 spiro atoms. The first kappa shape index (κ1) is 7.03. The number of hydrogen-bond donors (Lipinski definition) is 1. The molecule has 1 rings (SSSR count). The highest BCUT2D eigenvalue weighted by atomic mass is 15.1. The number of rotatable bonds is 1. The fourth-order valence-corrected chi connectivity index (χ4v) is 1.61. The molecule has 2 N–H and O–H groups in total. The maximum absolute atomic E-state index is 5.84. The van der Waals surface area contributed by atoms with E-state index in [4.69, 9.17) is 5.73 Å². The van der Waals surface area contributed by atoms with E-state index in [1.807, 2.05) is 0 Å². The average molecular weight is 128 g/mol. The summed E-state index contributed by atoms with van der Waals surface area (Å²) < 4.78 is 0. The van der Waals surface area contributed by atoms with Crippen LogP contribution >= 0.6 is 0 Å². The average Bonchev–Trinajstić information content (AvgIpc) is 2.13. The predicted octanol–water partition coefficient (Wildman–Crippen LogP) is 0.428. The van der Waals surface area contributed by atoms with Crippen LogP contribution in [-0.2, 0) is 0 Å². The minimum atomic E-state index is 0.431. The molecule has 1 fully saturated rings. The summed E-state index contributed by atoms with van der Waals surface area (Å²) in [4.78, 5) is 2.23. The van der Waals surface area contributed by atoms with Gasteiger partial charge >= 0.3 is 0 Å². The fraction of sp³-hybridized carbons (Fsp3) is 1.00. The maximum atomic E-state index is 5.84. The van der Waals surface area contributed by atoms with Crippen LogP contribution in [0.1, 0.15) is 19.3 Å². The Hall–Kier alpha value is -0.0800. The molecule has 0 saturated heterocycles. The van der Waals surface area contributed by atoms with Crippen LogP contribution in [0, 0.1) is 0 Å². The Morgan fingerprint density at radius 2 is 2.00 bits per heavy atom. The maximum Gasteiger partial charge on any atom is 0.0241 e. The summed E-state index contributed by atoms with van der Waals surface area (Å²) in [7, 11) is 4.21. The van der Waals surface area contributed by atoms with E-state index >= 15 is 0 Å². The van der Waals surface area contributed by atoms with Crippen LogP contribution in [0.2, 0.25) is 0 Å². The Bertz CT molecular complexity index is 90.9. The van der Waals surface area contributed by atoms with Crippen molar-refractivity contribution in [1.82, 2.24) is 4.90 Å². The third-order valence-electron chi connectivity index (χ3n) is 2.19. The molecule has 1 aliphatic rings. The van der Waals surface area contributed by atoms with Gasteiger partial charge in [-0.3, -0.25) is 0 Å². The SMILES string of the molecule is CN(C)[C@H]1CCC[C@@H]1N. The molecule has 54 valence electrons. The van der Waals surface area contributed by atoms with Gasteiger partial charge in [-0.15, -0.1) is 0 Å². The molecule has 2 heteroatoms. The van der Waals surface area contributed by atoms with Gasteiger partial charge in [-0.05, 0) is 26.9 Å². The molecule has 0 aromatic rings. The van der Waals surface area contributed by atoms with Crippen molar-refractivity contribution in [2.75, 3.05) is 14.1 Å². The number of likely N-dealkylation sites (N-methyl/N-ethyl adjacent to an activating group) is 1. The van der Waals surface area contributed by atoms with Crippen molar-refractivity contribution in [3.05, 3.63) is 0 Å². The van der Waals surface area contributed by atoms with Gasteiger partial charge in [0, 0.05) is 12.1 Å². The van der Waals surface area contributed by atoms with E-state index in [0.717, 1.165) is 0 Å². The van der Waals surface area contributed by atoms with Crippen molar-refractivity contribution in [2.24, 2.45) is 5.73 Å². The third kappa shape index (κ3) is 1.43. The van der Waals surface area contributed by atoms with E-state index < -0.39 is 0 Å².